The maximum Gasteiger partial charge on any atom is 0.308 e. The zero-order valence-corrected chi connectivity index (χ0v) is 21.4. The highest BCUT2D eigenvalue weighted by molar-refractivity contribution is 7.17. The van der Waals surface area contributed by atoms with E-state index in [2.05, 4.69) is 24.4 Å². The van der Waals surface area contributed by atoms with E-state index in [1.165, 1.54) is 12.7 Å². The van der Waals surface area contributed by atoms with Gasteiger partial charge in [0.2, 0.25) is 5.91 Å². The molecule has 2 heterocycles. The SMILES string of the molecule is CCc1cccc(N(CC)C(=O)Cn2c(C(=O)N[C@H]3CC[C@H](C(=O)OC)CC3)cc3sccc32)c1. The number of amides is 2. The number of esters is 1. The van der Waals surface area contributed by atoms with Crippen molar-refractivity contribution < 1.29 is 19.1 Å². The van der Waals surface area contributed by atoms with E-state index in [9.17, 15) is 14.4 Å². The first-order valence-corrected chi connectivity index (χ1v) is 13.2. The zero-order valence-electron chi connectivity index (χ0n) is 20.6. The van der Waals surface area contributed by atoms with E-state index < -0.39 is 0 Å². The number of rotatable bonds is 8. The minimum Gasteiger partial charge on any atom is -0.469 e. The number of anilines is 1. The number of likely N-dealkylation sites (N-methyl/N-ethyl adjacent to an activating group) is 1. The van der Waals surface area contributed by atoms with Crippen molar-refractivity contribution in [3.63, 3.8) is 0 Å². The molecular formula is C27H33N3O4S. The highest BCUT2D eigenvalue weighted by Crippen LogP contribution is 2.28. The Hall–Kier alpha value is -3.13. The van der Waals surface area contributed by atoms with Gasteiger partial charge in [0.05, 0.1) is 23.2 Å². The maximum absolute atomic E-state index is 13.4. The van der Waals surface area contributed by atoms with E-state index in [0.717, 1.165) is 35.2 Å². The maximum atomic E-state index is 13.4. The largest absolute Gasteiger partial charge is 0.469 e. The molecular weight excluding hydrogens is 462 g/mol. The average Bonchev–Trinajstić information content (AvgIpc) is 3.47. The molecule has 0 atom stereocenters. The molecule has 8 heteroatoms. The number of benzene rings is 1. The van der Waals surface area contributed by atoms with Crippen LogP contribution in [-0.2, 0) is 27.3 Å². The molecule has 0 unspecified atom stereocenters. The van der Waals surface area contributed by atoms with E-state index in [4.69, 9.17) is 4.74 Å². The van der Waals surface area contributed by atoms with E-state index in [1.54, 1.807) is 16.2 Å². The Morgan fingerprint density at radius 1 is 1.11 bits per heavy atom. The van der Waals surface area contributed by atoms with Crippen LogP contribution in [0.15, 0.2) is 41.8 Å². The molecule has 1 fully saturated rings. The summed E-state index contributed by atoms with van der Waals surface area (Å²) in [4.78, 5) is 40.3. The summed E-state index contributed by atoms with van der Waals surface area (Å²) in [6.45, 7) is 4.69. The van der Waals surface area contributed by atoms with Crippen molar-refractivity contribution in [2.24, 2.45) is 5.92 Å². The lowest BCUT2D eigenvalue weighted by atomic mass is 9.86. The van der Waals surface area contributed by atoms with Gasteiger partial charge >= 0.3 is 5.97 Å². The van der Waals surface area contributed by atoms with Gasteiger partial charge in [-0.3, -0.25) is 14.4 Å². The van der Waals surface area contributed by atoms with Gasteiger partial charge in [-0.2, -0.15) is 0 Å². The second kappa shape index (κ2) is 11.1. The summed E-state index contributed by atoms with van der Waals surface area (Å²) < 4.78 is 7.67. The van der Waals surface area contributed by atoms with Crippen molar-refractivity contribution in [3.8, 4) is 0 Å². The van der Waals surface area contributed by atoms with Crippen molar-refractivity contribution in [2.75, 3.05) is 18.6 Å². The molecule has 1 N–H and O–H groups in total. The Bertz CT molecular complexity index is 1210. The van der Waals surface area contributed by atoms with Crippen molar-refractivity contribution in [3.05, 3.63) is 53.0 Å². The third-order valence-corrected chi connectivity index (χ3v) is 7.75. The van der Waals surface area contributed by atoms with Gasteiger partial charge in [-0.05, 0) is 74.2 Å². The monoisotopic (exact) mass is 495 g/mol. The van der Waals surface area contributed by atoms with Gasteiger partial charge in [0.1, 0.15) is 12.2 Å². The Balaban J connectivity index is 1.51. The number of aryl methyl sites for hydroxylation is 1. The molecule has 2 amide bonds. The lowest BCUT2D eigenvalue weighted by molar-refractivity contribution is -0.146. The van der Waals surface area contributed by atoms with Gasteiger partial charge in [-0.25, -0.2) is 0 Å². The van der Waals surface area contributed by atoms with Crippen LogP contribution in [0.25, 0.3) is 10.2 Å². The van der Waals surface area contributed by atoms with E-state index in [-0.39, 0.29) is 36.3 Å². The molecule has 1 saturated carbocycles. The normalized spacial score (nSPS) is 17.8. The number of aromatic nitrogens is 1. The molecule has 3 aromatic rings. The Morgan fingerprint density at radius 3 is 2.57 bits per heavy atom. The van der Waals surface area contributed by atoms with Crippen molar-refractivity contribution in [2.45, 2.75) is 58.5 Å². The van der Waals surface area contributed by atoms with Crippen LogP contribution in [0, 0.1) is 5.92 Å². The summed E-state index contributed by atoms with van der Waals surface area (Å²) in [6, 6.07) is 11.9. The minimum atomic E-state index is -0.182. The number of carbonyl (C=O) groups is 3. The van der Waals surface area contributed by atoms with E-state index in [0.29, 0.717) is 25.1 Å². The van der Waals surface area contributed by atoms with Crippen molar-refractivity contribution in [1.82, 2.24) is 9.88 Å². The topological polar surface area (TPSA) is 80.6 Å². The second-order valence-corrected chi connectivity index (χ2v) is 9.94. The molecule has 0 aliphatic heterocycles. The fourth-order valence-corrected chi connectivity index (χ4v) is 5.73. The van der Waals surface area contributed by atoms with Gasteiger partial charge in [-0.1, -0.05) is 19.1 Å². The number of nitrogens with one attached hydrogen (secondary N) is 1. The molecule has 7 nitrogen and oxygen atoms in total. The first kappa shape index (κ1) is 25.0. The molecule has 0 saturated heterocycles. The molecule has 2 aromatic heterocycles. The molecule has 1 aliphatic rings. The number of nitrogens with zero attached hydrogens (tertiary/aromatic N) is 2. The third kappa shape index (κ3) is 5.42. The van der Waals surface area contributed by atoms with Crippen LogP contribution in [0.2, 0.25) is 0 Å². The van der Waals surface area contributed by atoms with Crippen LogP contribution in [0.1, 0.15) is 55.6 Å². The molecule has 0 radical (unpaired) electrons. The average molecular weight is 496 g/mol. The Morgan fingerprint density at radius 2 is 1.89 bits per heavy atom. The quantitative estimate of drug-likeness (QED) is 0.456. The van der Waals surface area contributed by atoms with Crippen LogP contribution in [0.4, 0.5) is 5.69 Å². The van der Waals surface area contributed by atoms with Crippen LogP contribution in [0.5, 0.6) is 0 Å². The van der Waals surface area contributed by atoms with Crippen LogP contribution >= 0.6 is 11.3 Å². The Kier molecular flexibility index (Phi) is 7.90. The van der Waals surface area contributed by atoms with Crippen LogP contribution in [0.3, 0.4) is 0 Å². The van der Waals surface area contributed by atoms with Crippen LogP contribution in [-0.4, -0.2) is 42.0 Å². The number of ether oxygens (including phenoxy) is 1. The van der Waals surface area contributed by atoms with Crippen LogP contribution < -0.4 is 10.2 Å². The highest BCUT2D eigenvalue weighted by atomic mass is 32.1. The van der Waals surface area contributed by atoms with Gasteiger partial charge < -0.3 is 19.5 Å². The van der Waals surface area contributed by atoms with E-state index >= 15 is 0 Å². The predicted molar refractivity (Wildman–Crippen MR) is 139 cm³/mol. The number of methoxy groups -OCH3 is 1. The van der Waals surface area contributed by atoms with Crippen molar-refractivity contribution in [1.29, 1.82) is 0 Å². The number of thiophene rings is 1. The number of hydrogen-bond donors (Lipinski definition) is 1. The molecule has 4 rings (SSSR count). The fraction of sp³-hybridized carbons (Fsp3) is 0.444. The van der Waals surface area contributed by atoms with Crippen molar-refractivity contribution >= 4 is 45.0 Å². The smallest absolute Gasteiger partial charge is 0.308 e. The van der Waals surface area contributed by atoms with Gasteiger partial charge in [0.25, 0.3) is 5.91 Å². The lowest BCUT2D eigenvalue weighted by Crippen LogP contribution is -2.40. The summed E-state index contributed by atoms with van der Waals surface area (Å²) in [7, 11) is 1.41. The van der Waals surface area contributed by atoms with Gasteiger partial charge in [-0.15, -0.1) is 11.3 Å². The number of fused-ring (bicyclic) bond motifs is 1. The molecule has 35 heavy (non-hydrogen) atoms. The lowest BCUT2D eigenvalue weighted by Gasteiger charge is -2.28. The second-order valence-electron chi connectivity index (χ2n) is 8.99. The first-order chi connectivity index (χ1) is 16.9. The summed E-state index contributed by atoms with van der Waals surface area (Å²) in [5.74, 6) is -0.505. The summed E-state index contributed by atoms with van der Waals surface area (Å²) in [6.07, 6.45) is 3.77. The molecule has 1 aliphatic carbocycles. The summed E-state index contributed by atoms with van der Waals surface area (Å²) >= 11 is 1.56. The van der Waals surface area contributed by atoms with E-state index in [1.807, 2.05) is 41.1 Å². The molecule has 0 bridgehead atoms. The molecule has 1 aromatic carbocycles. The standard InChI is InChI=1S/C27H33N3O4S/c1-4-18-7-6-8-21(15-18)29(5-2)25(31)17-30-22-13-14-35-24(22)16-23(30)26(32)28-20-11-9-19(10-12-20)27(33)34-3/h6-8,13-16,19-20H,4-5,9-12,17H2,1-3H3,(H,28,32)/t19-,20-. The number of carbonyl (C=O) groups excluding carboxylic acids is 3. The third-order valence-electron chi connectivity index (χ3n) is 6.89. The van der Waals surface area contributed by atoms with Gasteiger partial charge in [0, 0.05) is 18.3 Å². The molecule has 186 valence electrons. The Labute approximate surface area is 210 Å². The fourth-order valence-electron chi connectivity index (χ4n) is 4.90. The van der Waals surface area contributed by atoms with Gasteiger partial charge in [0.15, 0.2) is 0 Å². The zero-order chi connectivity index (χ0) is 24.9. The summed E-state index contributed by atoms with van der Waals surface area (Å²) in [5, 5.41) is 5.11. The highest BCUT2D eigenvalue weighted by Gasteiger charge is 2.29. The number of hydrogen-bond acceptors (Lipinski definition) is 5. The predicted octanol–water partition coefficient (Wildman–Crippen LogP) is 4.78. The minimum absolute atomic E-state index is 0.00409. The summed E-state index contributed by atoms with van der Waals surface area (Å²) in [5.41, 5.74) is 3.44. The molecule has 0 spiro atoms. The first-order valence-electron chi connectivity index (χ1n) is 12.3.